The van der Waals surface area contributed by atoms with Gasteiger partial charge in [0, 0.05) is 19.8 Å². The van der Waals surface area contributed by atoms with Gasteiger partial charge in [0.2, 0.25) is 5.91 Å². The highest BCUT2D eigenvalue weighted by Crippen LogP contribution is 2.23. The molecule has 8 heteroatoms. The third kappa shape index (κ3) is 4.95. The van der Waals surface area contributed by atoms with E-state index in [0.717, 1.165) is 11.6 Å². The van der Waals surface area contributed by atoms with E-state index in [9.17, 15) is 17.6 Å². The predicted molar refractivity (Wildman–Crippen MR) is 97.2 cm³/mol. The molecule has 0 saturated carbocycles. The molecule has 0 saturated heterocycles. The molecule has 0 bridgehead atoms. The van der Waals surface area contributed by atoms with Crippen LogP contribution in [-0.4, -0.2) is 39.9 Å². The zero-order valence-electron chi connectivity index (χ0n) is 14.8. The van der Waals surface area contributed by atoms with Crippen molar-refractivity contribution in [2.45, 2.75) is 18.2 Å². The van der Waals surface area contributed by atoms with Gasteiger partial charge >= 0.3 is 0 Å². The third-order valence-electron chi connectivity index (χ3n) is 3.57. The molecule has 1 N–H and O–H groups in total. The lowest BCUT2D eigenvalue weighted by molar-refractivity contribution is -0.127. The number of hydrogen-bond acceptors (Lipinski definition) is 4. The molecule has 0 aliphatic heterocycles. The molecule has 0 unspecified atom stereocenters. The van der Waals surface area contributed by atoms with Crippen molar-refractivity contribution in [1.82, 2.24) is 4.90 Å². The molecule has 0 radical (unpaired) electrons. The van der Waals surface area contributed by atoms with Crippen LogP contribution in [0.4, 0.5) is 10.1 Å². The van der Waals surface area contributed by atoms with Crippen LogP contribution in [0.5, 0.6) is 5.75 Å². The van der Waals surface area contributed by atoms with E-state index < -0.39 is 15.8 Å². The van der Waals surface area contributed by atoms with E-state index in [2.05, 4.69) is 4.72 Å². The van der Waals surface area contributed by atoms with Crippen molar-refractivity contribution in [2.75, 3.05) is 25.4 Å². The molecule has 0 aromatic heterocycles. The average molecular weight is 380 g/mol. The molecule has 0 aliphatic carbocycles. The van der Waals surface area contributed by atoms with Crippen LogP contribution in [0.1, 0.15) is 12.5 Å². The predicted octanol–water partition coefficient (Wildman–Crippen LogP) is 2.66. The highest BCUT2D eigenvalue weighted by atomic mass is 32.2. The van der Waals surface area contributed by atoms with E-state index in [1.54, 1.807) is 45.3 Å². The molecular formula is C18H21FN2O4S. The van der Waals surface area contributed by atoms with Crippen molar-refractivity contribution in [1.29, 1.82) is 0 Å². The Bertz CT molecular complexity index is 881. The first-order valence-electron chi connectivity index (χ1n) is 7.97. The van der Waals surface area contributed by atoms with Crippen LogP contribution in [0.3, 0.4) is 0 Å². The minimum atomic E-state index is -3.94. The minimum absolute atomic E-state index is 0.00126. The van der Waals surface area contributed by atoms with Gasteiger partial charge < -0.3 is 9.64 Å². The quantitative estimate of drug-likeness (QED) is 0.801. The molecular weight excluding hydrogens is 359 g/mol. The second-order valence-electron chi connectivity index (χ2n) is 5.79. The average Bonchev–Trinajstić information content (AvgIpc) is 2.58. The van der Waals surface area contributed by atoms with Crippen molar-refractivity contribution >= 4 is 21.6 Å². The smallest absolute Gasteiger partial charge is 0.262 e. The highest BCUT2D eigenvalue weighted by molar-refractivity contribution is 7.92. The Kier molecular flexibility index (Phi) is 6.20. The molecule has 0 atom stereocenters. The lowest BCUT2D eigenvalue weighted by Gasteiger charge is -2.12. The SMILES string of the molecule is CCOc1ccc(S(=O)(=O)Nc2ccc(CC(=O)N(C)C)cc2)cc1F. The summed E-state index contributed by atoms with van der Waals surface area (Å²) in [5, 5.41) is 0. The van der Waals surface area contributed by atoms with Gasteiger partial charge in [-0.3, -0.25) is 9.52 Å². The van der Waals surface area contributed by atoms with Crippen LogP contribution >= 0.6 is 0 Å². The monoisotopic (exact) mass is 380 g/mol. The van der Waals surface area contributed by atoms with E-state index in [0.29, 0.717) is 5.69 Å². The molecule has 1 amide bonds. The zero-order chi connectivity index (χ0) is 19.3. The number of hydrogen-bond donors (Lipinski definition) is 1. The molecule has 0 heterocycles. The van der Waals surface area contributed by atoms with E-state index in [1.165, 1.54) is 17.0 Å². The van der Waals surface area contributed by atoms with Crippen LogP contribution in [0.15, 0.2) is 47.4 Å². The maximum atomic E-state index is 13.9. The Morgan fingerprint density at radius 2 is 1.81 bits per heavy atom. The van der Waals surface area contributed by atoms with Gasteiger partial charge in [-0.1, -0.05) is 12.1 Å². The maximum Gasteiger partial charge on any atom is 0.262 e. The van der Waals surface area contributed by atoms with Crippen LogP contribution < -0.4 is 9.46 Å². The molecule has 2 aromatic carbocycles. The number of anilines is 1. The van der Waals surface area contributed by atoms with Gasteiger partial charge in [0.15, 0.2) is 11.6 Å². The summed E-state index contributed by atoms with van der Waals surface area (Å²) in [6.45, 7) is 1.99. The van der Waals surface area contributed by atoms with Gasteiger partial charge in [-0.05, 0) is 42.8 Å². The Balaban J connectivity index is 2.14. The summed E-state index contributed by atoms with van der Waals surface area (Å²) in [5.41, 5.74) is 1.08. The van der Waals surface area contributed by atoms with Crippen LogP contribution in [0, 0.1) is 5.82 Å². The van der Waals surface area contributed by atoms with Gasteiger partial charge in [0.05, 0.1) is 17.9 Å². The maximum absolute atomic E-state index is 13.9. The first kappa shape index (κ1) is 19.7. The van der Waals surface area contributed by atoms with Gasteiger partial charge in [-0.25, -0.2) is 12.8 Å². The number of rotatable bonds is 7. The number of ether oxygens (including phenoxy) is 1. The fourth-order valence-electron chi connectivity index (χ4n) is 2.16. The molecule has 2 rings (SSSR count). The van der Waals surface area contributed by atoms with Gasteiger partial charge in [0.25, 0.3) is 10.0 Å². The number of halogens is 1. The van der Waals surface area contributed by atoms with E-state index >= 15 is 0 Å². The molecule has 0 aliphatic rings. The first-order valence-corrected chi connectivity index (χ1v) is 9.45. The number of likely N-dealkylation sites (N-methyl/N-ethyl adjacent to an activating group) is 1. The molecule has 6 nitrogen and oxygen atoms in total. The molecule has 26 heavy (non-hydrogen) atoms. The summed E-state index contributed by atoms with van der Waals surface area (Å²) in [6.07, 6.45) is 0.226. The van der Waals surface area contributed by atoms with Gasteiger partial charge in [-0.15, -0.1) is 0 Å². The largest absolute Gasteiger partial charge is 0.491 e. The minimum Gasteiger partial charge on any atom is -0.491 e. The second kappa shape index (κ2) is 8.18. The number of amides is 1. The van der Waals surface area contributed by atoms with Gasteiger partial charge in [0.1, 0.15) is 0 Å². The molecule has 140 valence electrons. The second-order valence-corrected chi connectivity index (χ2v) is 7.48. The van der Waals surface area contributed by atoms with Crippen molar-refractivity contribution in [3.05, 3.63) is 53.8 Å². The molecule has 0 spiro atoms. The summed E-state index contributed by atoms with van der Waals surface area (Å²) < 4.78 is 46.1. The van der Waals surface area contributed by atoms with Crippen LogP contribution in [-0.2, 0) is 21.2 Å². The van der Waals surface area contributed by atoms with Crippen molar-refractivity contribution in [3.63, 3.8) is 0 Å². The zero-order valence-corrected chi connectivity index (χ0v) is 15.6. The summed E-state index contributed by atoms with van der Waals surface area (Å²) in [4.78, 5) is 13.0. The number of sulfonamides is 1. The summed E-state index contributed by atoms with van der Waals surface area (Å²) >= 11 is 0. The van der Waals surface area contributed by atoms with Crippen LogP contribution in [0.25, 0.3) is 0 Å². The standard InChI is InChI=1S/C18H21FN2O4S/c1-4-25-17-10-9-15(12-16(17)19)26(23,24)20-14-7-5-13(6-8-14)11-18(22)21(2)3/h5-10,12,20H,4,11H2,1-3H3. The normalized spacial score (nSPS) is 11.1. The molecule has 0 fully saturated rings. The van der Waals surface area contributed by atoms with Crippen LogP contribution in [0.2, 0.25) is 0 Å². The number of carbonyl (C=O) groups is 1. The Morgan fingerprint density at radius 3 is 2.35 bits per heavy atom. The van der Waals surface area contributed by atoms with E-state index in [-0.39, 0.29) is 29.6 Å². The van der Waals surface area contributed by atoms with Gasteiger partial charge in [-0.2, -0.15) is 0 Å². The summed E-state index contributed by atoms with van der Waals surface area (Å²) in [7, 11) is -0.603. The Hall–Kier alpha value is -2.61. The lowest BCUT2D eigenvalue weighted by atomic mass is 10.1. The van der Waals surface area contributed by atoms with E-state index in [1.807, 2.05) is 0 Å². The number of benzene rings is 2. The highest BCUT2D eigenvalue weighted by Gasteiger charge is 2.17. The number of nitrogens with zero attached hydrogens (tertiary/aromatic N) is 1. The van der Waals surface area contributed by atoms with Crippen molar-refractivity contribution in [2.24, 2.45) is 0 Å². The fraction of sp³-hybridized carbons (Fsp3) is 0.278. The van der Waals surface area contributed by atoms with Crippen molar-refractivity contribution < 1.29 is 22.3 Å². The lowest BCUT2D eigenvalue weighted by Crippen LogP contribution is -2.23. The summed E-state index contributed by atoms with van der Waals surface area (Å²) in [6, 6.07) is 9.92. The Labute approximate surface area is 152 Å². The third-order valence-corrected chi connectivity index (χ3v) is 4.95. The topological polar surface area (TPSA) is 75.7 Å². The van der Waals surface area contributed by atoms with E-state index in [4.69, 9.17) is 4.74 Å². The first-order chi connectivity index (χ1) is 12.2. The number of carbonyl (C=O) groups excluding carboxylic acids is 1. The Morgan fingerprint density at radius 1 is 1.15 bits per heavy atom. The molecule has 2 aromatic rings. The summed E-state index contributed by atoms with van der Waals surface area (Å²) in [5.74, 6) is -0.795. The van der Waals surface area contributed by atoms with Crippen molar-refractivity contribution in [3.8, 4) is 5.75 Å². The fourth-order valence-corrected chi connectivity index (χ4v) is 3.23. The number of nitrogens with one attached hydrogen (secondary N) is 1.